The molecule has 0 bridgehead atoms. The van der Waals surface area contributed by atoms with Crippen molar-refractivity contribution >= 4 is 43.8 Å². The van der Waals surface area contributed by atoms with Gasteiger partial charge in [-0.1, -0.05) is 64.0 Å². The van der Waals surface area contributed by atoms with Crippen molar-refractivity contribution in [1.82, 2.24) is 5.43 Å². The SMILES string of the molecule is Cc1ccc(N(CC(=O)N/N=C/c2ccc(OCc3ccc(Br)cc3)cc2)S(=O)(=O)c2ccccc2)c(C)c1. The van der Waals surface area contributed by atoms with Crippen LogP contribution in [0.5, 0.6) is 5.75 Å². The third-order valence-electron chi connectivity index (χ3n) is 5.84. The molecule has 1 amide bonds. The molecule has 9 heteroatoms. The second-order valence-electron chi connectivity index (χ2n) is 8.89. The first-order valence-electron chi connectivity index (χ1n) is 12.2. The topological polar surface area (TPSA) is 88.1 Å². The molecule has 0 unspecified atom stereocenters. The number of sulfonamides is 1. The molecular weight excluding hydrogens is 578 g/mol. The molecule has 0 atom stereocenters. The Hall–Kier alpha value is -3.95. The monoisotopic (exact) mass is 605 g/mol. The second-order valence-corrected chi connectivity index (χ2v) is 11.7. The molecule has 0 aliphatic heterocycles. The molecular formula is C30H28BrN3O4S. The predicted molar refractivity (Wildman–Crippen MR) is 158 cm³/mol. The number of hydrogen-bond acceptors (Lipinski definition) is 5. The Morgan fingerprint density at radius 3 is 2.31 bits per heavy atom. The Bertz CT molecular complexity index is 1560. The van der Waals surface area contributed by atoms with Crippen LogP contribution in [-0.4, -0.2) is 27.1 Å². The highest BCUT2D eigenvalue weighted by molar-refractivity contribution is 9.10. The van der Waals surface area contributed by atoms with Crippen LogP contribution in [0.25, 0.3) is 0 Å². The minimum Gasteiger partial charge on any atom is -0.489 e. The summed E-state index contributed by atoms with van der Waals surface area (Å²) in [6.45, 7) is 3.76. The first kappa shape index (κ1) is 28.1. The number of nitrogens with one attached hydrogen (secondary N) is 1. The lowest BCUT2D eigenvalue weighted by atomic mass is 10.1. The second kappa shape index (κ2) is 12.7. The Kier molecular flexibility index (Phi) is 9.16. The molecule has 0 saturated heterocycles. The molecule has 7 nitrogen and oxygen atoms in total. The maximum Gasteiger partial charge on any atom is 0.264 e. The molecule has 0 saturated carbocycles. The quantitative estimate of drug-likeness (QED) is 0.178. The molecule has 200 valence electrons. The van der Waals surface area contributed by atoms with Crippen LogP contribution in [0.15, 0.2) is 112 Å². The Labute approximate surface area is 237 Å². The van der Waals surface area contributed by atoms with Crippen molar-refractivity contribution in [3.8, 4) is 5.75 Å². The average molecular weight is 607 g/mol. The van der Waals surface area contributed by atoms with Crippen molar-refractivity contribution in [3.63, 3.8) is 0 Å². The van der Waals surface area contributed by atoms with E-state index in [-0.39, 0.29) is 4.90 Å². The van der Waals surface area contributed by atoms with Gasteiger partial charge in [-0.05, 0) is 85.1 Å². The lowest BCUT2D eigenvalue weighted by Crippen LogP contribution is -2.40. The number of aryl methyl sites for hydroxylation is 2. The standard InChI is InChI=1S/C30H28BrN3O4S/c1-22-8-17-29(23(2)18-22)34(39(36,37)28-6-4-3-5-7-28)20-30(35)33-32-19-24-11-15-27(16-12-24)38-21-25-9-13-26(31)14-10-25/h3-19H,20-21H2,1-2H3,(H,33,35)/b32-19+. The van der Waals surface area contributed by atoms with Gasteiger partial charge in [-0.25, -0.2) is 13.8 Å². The van der Waals surface area contributed by atoms with E-state index in [0.29, 0.717) is 18.0 Å². The molecule has 0 radical (unpaired) electrons. The van der Waals surface area contributed by atoms with Gasteiger partial charge in [0.2, 0.25) is 0 Å². The van der Waals surface area contributed by atoms with E-state index in [2.05, 4.69) is 26.5 Å². The molecule has 0 spiro atoms. The molecule has 0 heterocycles. The van der Waals surface area contributed by atoms with Gasteiger partial charge in [0.1, 0.15) is 18.9 Å². The summed E-state index contributed by atoms with van der Waals surface area (Å²) in [6, 6.07) is 28.6. The number of anilines is 1. The fourth-order valence-corrected chi connectivity index (χ4v) is 5.62. The number of amides is 1. The first-order chi connectivity index (χ1) is 18.7. The zero-order chi connectivity index (χ0) is 27.8. The number of nitrogens with zero attached hydrogens (tertiary/aromatic N) is 2. The highest BCUT2D eigenvalue weighted by Gasteiger charge is 2.28. The summed E-state index contributed by atoms with van der Waals surface area (Å²) in [4.78, 5) is 12.9. The number of hydrogen-bond donors (Lipinski definition) is 1. The summed E-state index contributed by atoms with van der Waals surface area (Å²) in [5.74, 6) is 0.134. The summed E-state index contributed by atoms with van der Waals surface area (Å²) < 4.78 is 34.9. The zero-order valence-corrected chi connectivity index (χ0v) is 23.9. The molecule has 4 aromatic carbocycles. The molecule has 0 aliphatic carbocycles. The fraction of sp³-hybridized carbons (Fsp3) is 0.133. The van der Waals surface area contributed by atoms with Crippen LogP contribution in [0.2, 0.25) is 0 Å². The Morgan fingerprint density at radius 2 is 1.64 bits per heavy atom. The summed E-state index contributed by atoms with van der Waals surface area (Å²) in [6.07, 6.45) is 1.49. The highest BCUT2D eigenvalue weighted by Crippen LogP contribution is 2.27. The fourth-order valence-electron chi connectivity index (χ4n) is 3.85. The molecule has 1 N–H and O–H groups in total. The lowest BCUT2D eigenvalue weighted by molar-refractivity contribution is -0.119. The molecule has 39 heavy (non-hydrogen) atoms. The van der Waals surface area contributed by atoms with Crippen LogP contribution < -0.4 is 14.5 Å². The number of rotatable bonds is 10. The van der Waals surface area contributed by atoms with Crippen molar-refractivity contribution < 1.29 is 17.9 Å². The summed E-state index contributed by atoms with van der Waals surface area (Å²) in [7, 11) is -3.99. The largest absolute Gasteiger partial charge is 0.489 e. The summed E-state index contributed by atoms with van der Waals surface area (Å²) >= 11 is 3.42. The Balaban J connectivity index is 1.41. The van der Waals surface area contributed by atoms with Crippen LogP contribution >= 0.6 is 15.9 Å². The lowest BCUT2D eigenvalue weighted by Gasteiger charge is -2.25. The average Bonchev–Trinajstić information content (AvgIpc) is 2.93. The van der Waals surface area contributed by atoms with Crippen molar-refractivity contribution in [2.75, 3.05) is 10.8 Å². The van der Waals surface area contributed by atoms with Crippen LogP contribution in [0.4, 0.5) is 5.69 Å². The van der Waals surface area contributed by atoms with E-state index < -0.39 is 22.5 Å². The van der Waals surface area contributed by atoms with Gasteiger partial charge >= 0.3 is 0 Å². The molecule has 0 fully saturated rings. The Morgan fingerprint density at radius 1 is 0.949 bits per heavy atom. The van der Waals surface area contributed by atoms with E-state index in [4.69, 9.17) is 4.74 Å². The predicted octanol–water partition coefficient (Wildman–Crippen LogP) is 5.99. The van der Waals surface area contributed by atoms with Crippen LogP contribution in [0.1, 0.15) is 22.3 Å². The van der Waals surface area contributed by atoms with Gasteiger partial charge in [0.15, 0.2) is 0 Å². The van der Waals surface area contributed by atoms with Crippen molar-refractivity contribution in [1.29, 1.82) is 0 Å². The van der Waals surface area contributed by atoms with E-state index >= 15 is 0 Å². The van der Waals surface area contributed by atoms with Gasteiger partial charge < -0.3 is 4.74 Å². The first-order valence-corrected chi connectivity index (χ1v) is 14.4. The number of hydrazone groups is 1. The zero-order valence-electron chi connectivity index (χ0n) is 21.5. The van der Waals surface area contributed by atoms with Gasteiger partial charge in [0.05, 0.1) is 16.8 Å². The van der Waals surface area contributed by atoms with Crippen molar-refractivity contribution in [3.05, 3.63) is 124 Å². The minimum absolute atomic E-state index is 0.101. The molecule has 0 aliphatic rings. The summed E-state index contributed by atoms with van der Waals surface area (Å²) in [5.41, 5.74) is 6.41. The number of carbonyl (C=O) groups is 1. The molecule has 4 aromatic rings. The van der Waals surface area contributed by atoms with E-state index in [0.717, 1.165) is 31.0 Å². The number of halogens is 1. The van der Waals surface area contributed by atoms with Gasteiger partial charge in [-0.3, -0.25) is 9.10 Å². The van der Waals surface area contributed by atoms with Crippen molar-refractivity contribution in [2.24, 2.45) is 5.10 Å². The highest BCUT2D eigenvalue weighted by atomic mass is 79.9. The van der Waals surface area contributed by atoms with E-state index in [9.17, 15) is 13.2 Å². The van der Waals surface area contributed by atoms with Crippen LogP contribution in [0, 0.1) is 13.8 Å². The molecule has 4 rings (SSSR count). The number of ether oxygens (including phenoxy) is 1. The van der Waals surface area contributed by atoms with E-state index in [1.54, 1.807) is 24.3 Å². The smallest absolute Gasteiger partial charge is 0.264 e. The molecule has 0 aromatic heterocycles. The van der Waals surface area contributed by atoms with Gasteiger partial charge in [0.25, 0.3) is 15.9 Å². The van der Waals surface area contributed by atoms with E-state index in [1.165, 1.54) is 18.3 Å². The minimum atomic E-state index is -3.99. The van der Waals surface area contributed by atoms with E-state index in [1.807, 2.05) is 74.5 Å². The summed E-state index contributed by atoms with van der Waals surface area (Å²) in [5, 5.41) is 4.02. The maximum absolute atomic E-state index is 13.5. The third kappa shape index (κ3) is 7.55. The van der Waals surface area contributed by atoms with Crippen LogP contribution in [0.3, 0.4) is 0 Å². The van der Waals surface area contributed by atoms with Gasteiger partial charge in [-0.2, -0.15) is 5.10 Å². The number of benzene rings is 4. The van der Waals surface area contributed by atoms with Crippen LogP contribution in [-0.2, 0) is 21.4 Å². The van der Waals surface area contributed by atoms with Gasteiger partial charge in [0, 0.05) is 4.47 Å². The normalized spacial score (nSPS) is 11.4. The maximum atomic E-state index is 13.5. The van der Waals surface area contributed by atoms with Crippen molar-refractivity contribution in [2.45, 2.75) is 25.3 Å². The third-order valence-corrected chi connectivity index (χ3v) is 8.14. The number of carbonyl (C=O) groups excluding carboxylic acids is 1. The van der Waals surface area contributed by atoms with Gasteiger partial charge in [-0.15, -0.1) is 0 Å².